The van der Waals surface area contributed by atoms with Gasteiger partial charge in [-0.05, 0) is 36.8 Å². The summed E-state index contributed by atoms with van der Waals surface area (Å²) < 4.78 is 2.90. The van der Waals surface area contributed by atoms with Gasteiger partial charge in [0, 0.05) is 23.0 Å². The number of aryl methyl sites for hydroxylation is 1. The van der Waals surface area contributed by atoms with Gasteiger partial charge in [-0.3, -0.25) is 4.40 Å². The van der Waals surface area contributed by atoms with E-state index in [2.05, 4.69) is 20.7 Å². The Morgan fingerprint density at radius 1 is 1.21 bits per heavy atom. The molecule has 3 aromatic heterocycles. The van der Waals surface area contributed by atoms with Crippen LogP contribution in [-0.2, 0) is 13.1 Å². The summed E-state index contributed by atoms with van der Waals surface area (Å²) in [5.41, 5.74) is 2.84. The number of benzene rings is 1. The number of pyridine rings is 1. The highest BCUT2D eigenvalue weighted by Gasteiger charge is 2.08. The maximum absolute atomic E-state index is 12.4. The van der Waals surface area contributed by atoms with Crippen molar-refractivity contribution in [2.75, 3.05) is 5.32 Å². The molecule has 0 bridgehead atoms. The van der Waals surface area contributed by atoms with Crippen LogP contribution in [0.1, 0.15) is 16.3 Å². The van der Waals surface area contributed by atoms with Gasteiger partial charge in [-0.1, -0.05) is 18.2 Å². The van der Waals surface area contributed by atoms with E-state index in [9.17, 15) is 9.59 Å². The van der Waals surface area contributed by atoms with Crippen molar-refractivity contribution in [2.24, 2.45) is 0 Å². The second-order valence-electron chi connectivity index (χ2n) is 6.26. The van der Waals surface area contributed by atoms with Crippen LogP contribution in [0.2, 0.25) is 0 Å². The number of hydrogen-bond acceptors (Lipinski definition) is 5. The van der Waals surface area contributed by atoms with Gasteiger partial charge in [-0.2, -0.15) is 0 Å². The van der Waals surface area contributed by atoms with Crippen LogP contribution in [0.5, 0.6) is 0 Å². The number of urea groups is 1. The third kappa shape index (κ3) is 3.94. The summed E-state index contributed by atoms with van der Waals surface area (Å²) in [6, 6.07) is 12.4. The molecule has 1 aromatic carbocycles. The summed E-state index contributed by atoms with van der Waals surface area (Å²) >= 11 is 1.51. The first-order valence-corrected chi connectivity index (χ1v) is 9.55. The molecule has 3 heterocycles. The fourth-order valence-electron chi connectivity index (χ4n) is 2.81. The smallest absolute Gasteiger partial charge is 0.331 e. The molecule has 0 aliphatic heterocycles. The molecule has 2 N–H and O–H groups in total. The normalized spacial score (nSPS) is 10.9. The maximum atomic E-state index is 12.4. The number of anilines is 1. The Bertz CT molecular complexity index is 1190. The third-order valence-corrected chi connectivity index (χ3v) is 5.04. The van der Waals surface area contributed by atoms with Crippen molar-refractivity contribution in [1.29, 1.82) is 0 Å². The number of rotatable bonds is 5. The average molecular weight is 394 g/mol. The SMILES string of the molecule is Cc1csc(CNC(=O)Nc2cccc(Cn3nc4ccccn4c3=O)c2)n1. The number of carbonyl (C=O) groups excluding carboxylic acids is 1. The molecule has 0 unspecified atom stereocenters. The lowest BCUT2D eigenvalue weighted by Gasteiger charge is -2.08. The average Bonchev–Trinajstić information content (AvgIpc) is 3.24. The van der Waals surface area contributed by atoms with Crippen LogP contribution >= 0.6 is 11.3 Å². The first-order chi connectivity index (χ1) is 13.6. The lowest BCUT2D eigenvalue weighted by molar-refractivity contribution is 0.251. The van der Waals surface area contributed by atoms with Crippen LogP contribution in [0.3, 0.4) is 0 Å². The zero-order valence-corrected chi connectivity index (χ0v) is 15.9. The van der Waals surface area contributed by atoms with E-state index in [1.54, 1.807) is 24.4 Å². The van der Waals surface area contributed by atoms with Crippen molar-refractivity contribution in [1.82, 2.24) is 24.5 Å². The quantitative estimate of drug-likeness (QED) is 0.544. The zero-order chi connectivity index (χ0) is 19.5. The Morgan fingerprint density at radius 3 is 2.89 bits per heavy atom. The molecule has 0 fully saturated rings. The van der Waals surface area contributed by atoms with Crippen molar-refractivity contribution < 1.29 is 4.79 Å². The van der Waals surface area contributed by atoms with E-state index >= 15 is 0 Å². The van der Waals surface area contributed by atoms with Crippen LogP contribution in [0, 0.1) is 6.92 Å². The molecule has 0 spiro atoms. The van der Waals surface area contributed by atoms with Gasteiger partial charge >= 0.3 is 11.7 Å². The first kappa shape index (κ1) is 17.9. The lowest BCUT2D eigenvalue weighted by Crippen LogP contribution is -2.28. The van der Waals surface area contributed by atoms with Crippen LogP contribution < -0.4 is 16.3 Å². The number of amides is 2. The van der Waals surface area contributed by atoms with E-state index in [-0.39, 0.29) is 11.7 Å². The Balaban J connectivity index is 1.43. The van der Waals surface area contributed by atoms with Gasteiger partial charge in [0.05, 0.1) is 13.1 Å². The molecule has 0 atom stereocenters. The minimum atomic E-state index is -0.310. The van der Waals surface area contributed by atoms with E-state index in [1.807, 2.05) is 36.6 Å². The van der Waals surface area contributed by atoms with Gasteiger partial charge in [0.2, 0.25) is 0 Å². The molecule has 0 aliphatic rings. The van der Waals surface area contributed by atoms with E-state index < -0.39 is 0 Å². The molecule has 9 heteroatoms. The third-order valence-electron chi connectivity index (χ3n) is 4.07. The lowest BCUT2D eigenvalue weighted by atomic mass is 10.2. The molecular weight excluding hydrogens is 376 g/mol. The molecular formula is C19H18N6O2S. The molecule has 8 nitrogen and oxygen atoms in total. The van der Waals surface area contributed by atoms with Crippen LogP contribution in [0.15, 0.2) is 58.8 Å². The minimum absolute atomic E-state index is 0.203. The molecule has 142 valence electrons. The second kappa shape index (κ2) is 7.65. The largest absolute Gasteiger partial charge is 0.350 e. The van der Waals surface area contributed by atoms with Crippen molar-refractivity contribution in [2.45, 2.75) is 20.0 Å². The standard InChI is InChI=1S/C19H18N6O2S/c1-13-12-28-17(21-13)10-20-18(26)22-15-6-4-5-14(9-15)11-25-19(27)24-8-3-2-7-16(24)23-25/h2-9,12H,10-11H2,1H3,(H2,20,22,26). The summed E-state index contributed by atoms with van der Waals surface area (Å²) in [7, 11) is 0. The molecule has 0 saturated heterocycles. The van der Waals surface area contributed by atoms with Gasteiger partial charge < -0.3 is 10.6 Å². The fourth-order valence-corrected chi connectivity index (χ4v) is 3.52. The van der Waals surface area contributed by atoms with Crippen molar-refractivity contribution >= 4 is 28.7 Å². The summed E-state index contributed by atoms with van der Waals surface area (Å²) in [5, 5.41) is 12.7. The van der Waals surface area contributed by atoms with E-state index in [0.29, 0.717) is 24.4 Å². The fraction of sp³-hybridized carbons (Fsp3) is 0.158. The highest BCUT2D eigenvalue weighted by Crippen LogP contribution is 2.12. The van der Waals surface area contributed by atoms with Crippen LogP contribution in [0.4, 0.5) is 10.5 Å². The number of nitrogens with zero attached hydrogens (tertiary/aromatic N) is 4. The van der Waals surface area contributed by atoms with Crippen molar-refractivity contribution in [3.05, 3.63) is 80.8 Å². The number of hydrogen-bond donors (Lipinski definition) is 2. The number of aromatic nitrogens is 4. The van der Waals surface area contributed by atoms with Crippen LogP contribution in [-0.4, -0.2) is 25.2 Å². The Hall–Kier alpha value is -3.46. The number of fused-ring (bicyclic) bond motifs is 1. The van der Waals surface area contributed by atoms with Gasteiger partial charge in [0.1, 0.15) is 5.01 Å². The highest BCUT2D eigenvalue weighted by atomic mass is 32.1. The summed E-state index contributed by atoms with van der Waals surface area (Å²) in [5.74, 6) is 0. The highest BCUT2D eigenvalue weighted by molar-refractivity contribution is 7.09. The predicted octanol–water partition coefficient (Wildman–Crippen LogP) is 2.63. The van der Waals surface area contributed by atoms with Gasteiger partial charge in [-0.25, -0.2) is 19.3 Å². The first-order valence-electron chi connectivity index (χ1n) is 8.67. The Morgan fingerprint density at radius 2 is 2.11 bits per heavy atom. The van der Waals surface area contributed by atoms with Gasteiger partial charge in [0.25, 0.3) is 0 Å². The van der Waals surface area contributed by atoms with E-state index in [0.717, 1.165) is 16.3 Å². The topological polar surface area (TPSA) is 93.3 Å². The molecule has 0 aliphatic carbocycles. The molecule has 4 rings (SSSR count). The van der Waals surface area contributed by atoms with Gasteiger partial charge in [-0.15, -0.1) is 16.4 Å². The summed E-state index contributed by atoms with van der Waals surface area (Å²) in [6.45, 7) is 2.61. The Labute approximate surface area is 164 Å². The molecule has 28 heavy (non-hydrogen) atoms. The number of nitrogens with one attached hydrogen (secondary N) is 2. The van der Waals surface area contributed by atoms with Gasteiger partial charge in [0.15, 0.2) is 5.65 Å². The molecule has 0 saturated carbocycles. The zero-order valence-electron chi connectivity index (χ0n) is 15.1. The molecule has 0 radical (unpaired) electrons. The maximum Gasteiger partial charge on any atom is 0.350 e. The summed E-state index contributed by atoms with van der Waals surface area (Å²) in [6.07, 6.45) is 1.69. The monoisotopic (exact) mass is 394 g/mol. The Kier molecular flexibility index (Phi) is 4.90. The number of carbonyl (C=O) groups is 1. The summed E-state index contributed by atoms with van der Waals surface area (Å²) in [4.78, 5) is 28.8. The molecule has 4 aromatic rings. The van der Waals surface area contributed by atoms with Crippen molar-refractivity contribution in [3.63, 3.8) is 0 Å². The number of thiazole rings is 1. The van der Waals surface area contributed by atoms with Crippen molar-refractivity contribution in [3.8, 4) is 0 Å². The van der Waals surface area contributed by atoms with Crippen LogP contribution in [0.25, 0.3) is 5.65 Å². The molecule has 2 amide bonds. The minimum Gasteiger partial charge on any atom is -0.331 e. The predicted molar refractivity (Wildman–Crippen MR) is 108 cm³/mol. The van der Waals surface area contributed by atoms with E-state index in [1.165, 1.54) is 20.4 Å². The second-order valence-corrected chi connectivity index (χ2v) is 7.20. The van der Waals surface area contributed by atoms with E-state index in [4.69, 9.17) is 0 Å².